The summed E-state index contributed by atoms with van der Waals surface area (Å²) in [6.07, 6.45) is 3.40. The molecule has 3 nitrogen and oxygen atoms in total. The van der Waals surface area contributed by atoms with Crippen molar-refractivity contribution in [1.29, 1.82) is 0 Å². The van der Waals surface area contributed by atoms with Gasteiger partial charge in [-0.15, -0.1) is 12.6 Å². The molecule has 4 heteroatoms. The van der Waals surface area contributed by atoms with Gasteiger partial charge in [-0.3, -0.25) is 0 Å². The summed E-state index contributed by atoms with van der Waals surface area (Å²) in [5.74, 6) is 0. The predicted octanol–water partition coefficient (Wildman–Crippen LogP) is 3.51. The van der Waals surface area contributed by atoms with Crippen molar-refractivity contribution in [3.63, 3.8) is 0 Å². The van der Waals surface area contributed by atoms with Gasteiger partial charge in [0.2, 0.25) is 0 Å². The summed E-state index contributed by atoms with van der Waals surface area (Å²) in [7, 11) is 0. The maximum atomic E-state index is 11.3. The second-order valence-corrected chi connectivity index (χ2v) is 5.39. The molecule has 1 rings (SSSR count). The van der Waals surface area contributed by atoms with E-state index in [1.807, 2.05) is 57.2 Å². The first kappa shape index (κ1) is 14.6. The maximum absolute atomic E-state index is 11.3. The molecule has 0 radical (unpaired) electrons. The Hall–Kier alpha value is -1.42. The van der Waals surface area contributed by atoms with E-state index in [1.165, 1.54) is 0 Å². The zero-order chi connectivity index (χ0) is 13.6. The molecular weight excluding hydrogens is 246 g/mol. The molecule has 0 aliphatic heterocycles. The number of amides is 1. The Morgan fingerprint density at radius 2 is 1.94 bits per heavy atom. The van der Waals surface area contributed by atoms with Gasteiger partial charge >= 0.3 is 6.09 Å². The normalized spacial score (nSPS) is 11.6. The van der Waals surface area contributed by atoms with E-state index >= 15 is 0 Å². The van der Waals surface area contributed by atoms with Gasteiger partial charge in [-0.1, -0.05) is 24.3 Å². The van der Waals surface area contributed by atoms with Crippen LogP contribution in [0.2, 0.25) is 0 Å². The highest BCUT2D eigenvalue weighted by molar-refractivity contribution is 7.80. The molecule has 0 aliphatic carbocycles. The fraction of sp³-hybridized carbons (Fsp3) is 0.357. The number of ether oxygens (including phenoxy) is 1. The van der Waals surface area contributed by atoms with E-state index in [-0.39, 0.29) is 0 Å². The number of hydrogen-bond donors (Lipinski definition) is 2. The van der Waals surface area contributed by atoms with Gasteiger partial charge in [-0.2, -0.15) is 0 Å². The third kappa shape index (κ3) is 6.35. The van der Waals surface area contributed by atoms with Crippen molar-refractivity contribution in [3.8, 4) is 0 Å². The van der Waals surface area contributed by atoms with Crippen LogP contribution in [0.4, 0.5) is 4.79 Å². The highest BCUT2D eigenvalue weighted by atomic mass is 32.1. The molecule has 0 spiro atoms. The van der Waals surface area contributed by atoms with Gasteiger partial charge in [0.15, 0.2) is 0 Å². The van der Waals surface area contributed by atoms with Gasteiger partial charge in [-0.25, -0.2) is 4.79 Å². The van der Waals surface area contributed by atoms with E-state index in [4.69, 9.17) is 4.74 Å². The summed E-state index contributed by atoms with van der Waals surface area (Å²) in [6, 6.07) is 7.77. The molecule has 0 heterocycles. The average Bonchev–Trinajstić information content (AvgIpc) is 2.24. The monoisotopic (exact) mass is 265 g/mol. The summed E-state index contributed by atoms with van der Waals surface area (Å²) in [5.41, 5.74) is 0.606. The zero-order valence-electron chi connectivity index (χ0n) is 10.9. The largest absolute Gasteiger partial charge is 0.444 e. The van der Waals surface area contributed by atoms with Crippen molar-refractivity contribution >= 4 is 24.8 Å². The number of hydrogen-bond acceptors (Lipinski definition) is 3. The summed E-state index contributed by atoms with van der Waals surface area (Å²) in [4.78, 5) is 12.3. The number of alkyl carbamates (subject to hydrolysis) is 1. The van der Waals surface area contributed by atoms with Crippen molar-refractivity contribution in [2.45, 2.75) is 31.3 Å². The first-order valence-electron chi connectivity index (χ1n) is 5.79. The van der Waals surface area contributed by atoms with Crippen LogP contribution in [0.1, 0.15) is 26.3 Å². The fourth-order valence-corrected chi connectivity index (χ4v) is 1.39. The molecule has 1 N–H and O–H groups in total. The molecular formula is C14H19NO2S. The van der Waals surface area contributed by atoms with Gasteiger partial charge in [0.05, 0.1) is 0 Å². The molecule has 0 unspecified atom stereocenters. The van der Waals surface area contributed by atoms with Crippen LogP contribution in [0, 0.1) is 0 Å². The summed E-state index contributed by atoms with van der Waals surface area (Å²) >= 11 is 4.21. The molecule has 0 aromatic heterocycles. The van der Waals surface area contributed by atoms with E-state index in [1.54, 1.807) is 0 Å². The SMILES string of the molecule is CC(C)(C)OC(=O)NCC=Cc1ccc(S)cc1. The minimum atomic E-state index is -0.462. The molecule has 0 aliphatic rings. The van der Waals surface area contributed by atoms with Gasteiger partial charge in [0.1, 0.15) is 5.60 Å². The van der Waals surface area contributed by atoms with E-state index < -0.39 is 11.7 Å². The molecule has 0 atom stereocenters. The lowest BCUT2D eigenvalue weighted by Gasteiger charge is -2.19. The van der Waals surface area contributed by atoms with E-state index in [0.29, 0.717) is 6.54 Å². The third-order valence-electron chi connectivity index (χ3n) is 1.97. The number of carbonyl (C=O) groups excluding carboxylic acids is 1. The lowest BCUT2D eigenvalue weighted by atomic mass is 10.2. The van der Waals surface area contributed by atoms with Crippen molar-refractivity contribution in [1.82, 2.24) is 5.32 Å². The van der Waals surface area contributed by atoms with Gasteiger partial charge in [-0.05, 0) is 38.5 Å². The minimum absolute atomic E-state index is 0.405. The van der Waals surface area contributed by atoms with E-state index in [0.717, 1.165) is 10.5 Å². The number of rotatable bonds is 3. The molecule has 18 heavy (non-hydrogen) atoms. The number of thiol groups is 1. The van der Waals surface area contributed by atoms with Gasteiger partial charge in [0, 0.05) is 11.4 Å². The molecule has 1 aromatic carbocycles. The van der Waals surface area contributed by atoms with Crippen LogP contribution in [0.5, 0.6) is 0 Å². The third-order valence-corrected chi connectivity index (χ3v) is 2.26. The van der Waals surface area contributed by atoms with E-state index in [9.17, 15) is 4.79 Å². The van der Waals surface area contributed by atoms with Gasteiger partial charge in [0.25, 0.3) is 0 Å². The molecule has 1 amide bonds. The van der Waals surface area contributed by atoms with Crippen LogP contribution in [0.15, 0.2) is 35.2 Å². The molecule has 98 valence electrons. The van der Waals surface area contributed by atoms with Crippen molar-refractivity contribution < 1.29 is 9.53 Å². The second-order valence-electron chi connectivity index (χ2n) is 4.88. The number of benzene rings is 1. The summed E-state index contributed by atoms with van der Waals surface area (Å²) in [5, 5.41) is 2.66. The van der Waals surface area contributed by atoms with Crippen molar-refractivity contribution in [2.24, 2.45) is 0 Å². The van der Waals surface area contributed by atoms with Crippen molar-refractivity contribution in [3.05, 3.63) is 35.9 Å². The smallest absolute Gasteiger partial charge is 0.407 e. The zero-order valence-corrected chi connectivity index (χ0v) is 11.8. The molecule has 1 aromatic rings. The maximum Gasteiger partial charge on any atom is 0.407 e. The van der Waals surface area contributed by atoms with Crippen LogP contribution in [-0.2, 0) is 4.74 Å². The Morgan fingerprint density at radius 3 is 2.50 bits per heavy atom. The van der Waals surface area contributed by atoms with Crippen LogP contribution in [0.3, 0.4) is 0 Å². The predicted molar refractivity (Wildman–Crippen MR) is 77.0 cm³/mol. The Morgan fingerprint density at radius 1 is 1.33 bits per heavy atom. The van der Waals surface area contributed by atoms with Crippen LogP contribution in [-0.4, -0.2) is 18.2 Å². The Kier molecular flexibility index (Phi) is 5.28. The first-order chi connectivity index (χ1) is 8.37. The Balaban J connectivity index is 2.33. The van der Waals surface area contributed by atoms with E-state index in [2.05, 4.69) is 17.9 Å². The lowest BCUT2D eigenvalue weighted by Crippen LogP contribution is -2.32. The first-order valence-corrected chi connectivity index (χ1v) is 6.24. The summed E-state index contributed by atoms with van der Waals surface area (Å²) in [6.45, 7) is 5.95. The standard InChI is InChI=1S/C14H19NO2S/c1-14(2,3)17-13(16)15-10-4-5-11-6-8-12(18)9-7-11/h4-9,18H,10H2,1-3H3,(H,15,16). The molecule has 0 fully saturated rings. The Bertz CT molecular complexity index is 418. The second kappa shape index (κ2) is 6.50. The molecule has 0 bridgehead atoms. The van der Waals surface area contributed by atoms with Crippen LogP contribution in [0.25, 0.3) is 6.08 Å². The Labute approximate surface area is 114 Å². The van der Waals surface area contributed by atoms with Crippen LogP contribution < -0.4 is 5.32 Å². The average molecular weight is 265 g/mol. The molecule has 0 saturated carbocycles. The molecule has 0 saturated heterocycles. The van der Waals surface area contributed by atoms with Crippen molar-refractivity contribution in [2.75, 3.05) is 6.54 Å². The number of nitrogens with one attached hydrogen (secondary N) is 1. The highest BCUT2D eigenvalue weighted by Crippen LogP contribution is 2.09. The number of carbonyl (C=O) groups is 1. The fourth-order valence-electron chi connectivity index (χ4n) is 1.24. The quantitative estimate of drug-likeness (QED) is 0.821. The van der Waals surface area contributed by atoms with Crippen LogP contribution >= 0.6 is 12.6 Å². The minimum Gasteiger partial charge on any atom is -0.444 e. The lowest BCUT2D eigenvalue weighted by molar-refractivity contribution is 0.0534. The summed E-state index contributed by atoms with van der Waals surface area (Å²) < 4.78 is 5.11. The highest BCUT2D eigenvalue weighted by Gasteiger charge is 2.14. The van der Waals surface area contributed by atoms with Gasteiger partial charge < -0.3 is 10.1 Å². The topological polar surface area (TPSA) is 38.3 Å².